The number of amides is 2. The molecule has 1 atom stereocenters. The number of hydrogen-bond acceptors (Lipinski definition) is 4. The summed E-state index contributed by atoms with van der Waals surface area (Å²) in [7, 11) is 0. The van der Waals surface area contributed by atoms with Crippen LogP contribution in [0.15, 0.2) is 24.3 Å². The minimum Gasteiger partial charge on any atom is -0.392 e. The molecule has 0 aromatic heterocycles. The lowest BCUT2D eigenvalue weighted by molar-refractivity contribution is -0.121. The van der Waals surface area contributed by atoms with Gasteiger partial charge in [-0.1, -0.05) is 51.0 Å². The van der Waals surface area contributed by atoms with E-state index in [0.717, 1.165) is 51.4 Å². The predicted octanol–water partition coefficient (Wildman–Crippen LogP) is 3.95. The molecule has 2 amide bonds. The number of allylic oxidation sites excluding steroid dienone is 4. The molecule has 0 aliphatic carbocycles. The first-order valence-electron chi connectivity index (χ1n) is 12.2. The van der Waals surface area contributed by atoms with Gasteiger partial charge in [-0.3, -0.25) is 14.5 Å². The first-order chi connectivity index (χ1) is 15.0. The maximum absolute atomic E-state index is 12.0. The highest BCUT2D eigenvalue weighted by Gasteiger charge is 2.10. The van der Waals surface area contributed by atoms with Gasteiger partial charge in [0.1, 0.15) is 0 Å². The van der Waals surface area contributed by atoms with Crippen LogP contribution in [0.2, 0.25) is 0 Å². The molecule has 0 aromatic rings. The third-order valence-corrected chi connectivity index (χ3v) is 4.82. The Hall–Kier alpha value is -1.66. The zero-order chi connectivity index (χ0) is 23.2. The highest BCUT2D eigenvalue weighted by molar-refractivity contribution is 5.76. The summed E-state index contributed by atoms with van der Waals surface area (Å²) in [4.78, 5) is 26.0. The Bertz CT molecular complexity index is 464. The summed E-state index contributed by atoms with van der Waals surface area (Å²) in [5.41, 5.74) is 0. The van der Waals surface area contributed by atoms with Gasteiger partial charge >= 0.3 is 0 Å². The third kappa shape index (κ3) is 21.4. The smallest absolute Gasteiger partial charge is 0.220 e. The quantitative estimate of drug-likeness (QED) is 0.199. The molecule has 180 valence electrons. The Labute approximate surface area is 190 Å². The minimum atomic E-state index is -0.448. The third-order valence-electron chi connectivity index (χ3n) is 4.82. The van der Waals surface area contributed by atoms with E-state index in [1.807, 2.05) is 0 Å². The number of carbonyl (C=O) groups excluding carboxylic acids is 2. The average molecular weight is 438 g/mol. The Morgan fingerprint density at radius 1 is 0.806 bits per heavy atom. The van der Waals surface area contributed by atoms with Crippen molar-refractivity contribution in [2.45, 2.75) is 91.1 Å². The number of aliphatic hydroxyl groups is 1. The van der Waals surface area contributed by atoms with E-state index >= 15 is 0 Å². The standard InChI is InChI=1S/C25H47N3O3/c1-4-6-8-10-12-14-16-24(30)26-18-20-28(22-23(3)29)21-19-27-25(31)17-15-13-11-9-7-5-2/h8-11,23,29H,4-7,12-22H2,1-3H3,(H,26,30)(H,27,31)/b10-8+,11-9+. The van der Waals surface area contributed by atoms with Gasteiger partial charge in [0.05, 0.1) is 6.10 Å². The minimum absolute atomic E-state index is 0.0715. The van der Waals surface area contributed by atoms with Crippen molar-refractivity contribution in [1.29, 1.82) is 0 Å². The van der Waals surface area contributed by atoms with E-state index in [2.05, 4.69) is 53.7 Å². The van der Waals surface area contributed by atoms with Crippen molar-refractivity contribution < 1.29 is 14.7 Å². The lowest BCUT2D eigenvalue weighted by Crippen LogP contribution is -2.42. The van der Waals surface area contributed by atoms with Crippen LogP contribution in [0.3, 0.4) is 0 Å². The summed E-state index contributed by atoms with van der Waals surface area (Å²) < 4.78 is 0. The van der Waals surface area contributed by atoms with Crippen LogP contribution >= 0.6 is 0 Å². The molecule has 6 heteroatoms. The van der Waals surface area contributed by atoms with Crippen molar-refractivity contribution in [2.75, 3.05) is 32.7 Å². The fourth-order valence-corrected chi connectivity index (χ4v) is 3.12. The molecule has 0 radical (unpaired) electrons. The zero-order valence-corrected chi connectivity index (χ0v) is 20.2. The number of carbonyl (C=O) groups is 2. The molecule has 0 aliphatic heterocycles. The number of unbranched alkanes of at least 4 members (excludes halogenated alkanes) is 4. The van der Waals surface area contributed by atoms with E-state index in [-0.39, 0.29) is 11.8 Å². The van der Waals surface area contributed by atoms with E-state index in [1.54, 1.807) is 6.92 Å². The van der Waals surface area contributed by atoms with Gasteiger partial charge in [0, 0.05) is 45.6 Å². The molecular weight excluding hydrogens is 390 g/mol. The number of hydrogen-bond donors (Lipinski definition) is 3. The van der Waals surface area contributed by atoms with Crippen LogP contribution in [0.25, 0.3) is 0 Å². The molecule has 6 nitrogen and oxygen atoms in total. The van der Waals surface area contributed by atoms with Gasteiger partial charge in [-0.2, -0.15) is 0 Å². The molecule has 0 aromatic carbocycles. The summed E-state index contributed by atoms with van der Waals surface area (Å²) in [6.45, 7) is 9.00. The van der Waals surface area contributed by atoms with Gasteiger partial charge in [-0.25, -0.2) is 0 Å². The van der Waals surface area contributed by atoms with E-state index < -0.39 is 6.10 Å². The van der Waals surface area contributed by atoms with E-state index in [4.69, 9.17) is 0 Å². The molecule has 0 fully saturated rings. The van der Waals surface area contributed by atoms with Crippen molar-refractivity contribution in [2.24, 2.45) is 0 Å². The van der Waals surface area contributed by atoms with Crippen LogP contribution in [0.4, 0.5) is 0 Å². The van der Waals surface area contributed by atoms with Crippen molar-refractivity contribution in [1.82, 2.24) is 15.5 Å². The van der Waals surface area contributed by atoms with Crippen molar-refractivity contribution in [3.8, 4) is 0 Å². The second-order valence-electron chi connectivity index (χ2n) is 8.15. The molecule has 0 heterocycles. The first-order valence-corrected chi connectivity index (χ1v) is 12.2. The summed E-state index contributed by atoms with van der Waals surface area (Å²) in [6, 6.07) is 0. The van der Waals surface area contributed by atoms with Gasteiger partial charge in [0.25, 0.3) is 0 Å². The fourth-order valence-electron chi connectivity index (χ4n) is 3.12. The summed E-state index contributed by atoms with van der Waals surface area (Å²) in [5, 5.41) is 15.6. The molecule has 0 saturated heterocycles. The molecule has 0 rings (SSSR count). The SMILES string of the molecule is CCC/C=C/CCCC(=O)NCCN(CCNC(=O)CCC/C=C/CCC)CC(C)O. The number of nitrogens with one attached hydrogen (secondary N) is 2. The second kappa shape index (κ2) is 21.6. The maximum atomic E-state index is 12.0. The molecular formula is C25H47N3O3. The lowest BCUT2D eigenvalue weighted by atomic mass is 10.2. The number of rotatable bonds is 20. The Morgan fingerprint density at radius 3 is 1.61 bits per heavy atom. The summed E-state index contributed by atoms with van der Waals surface area (Å²) in [5.74, 6) is 0.143. The fraction of sp³-hybridized carbons (Fsp3) is 0.760. The average Bonchev–Trinajstić information content (AvgIpc) is 2.72. The molecule has 31 heavy (non-hydrogen) atoms. The van der Waals surface area contributed by atoms with Crippen LogP contribution in [-0.4, -0.2) is 60.6 Å². The molecule has 0 bridgehead atoms. The van der Waals surface area contributed by atoms with E-state index in [9.17, 15) is 14.7 Å². The Kier molecular flexibility index (Phi) is 20.4. The molecule has 0 aliphatic rings. The number of nitrogens with zero attached hydrogens (tertiary/aromatic N) is 1. The zero-order valence-electron chi connectivity index (χ0n) is 20.2. The topological polar surface area (TPSA) is 81.7 Å². The monoisotopic (exact) mass is 437 g/mol. The van der Waals surface area contributed by atoms with Crippen molar-refractivity contribution in [3.05, 3.63) is 24.3 Å². The molecule has 3 N–H and O–H groups in total. The van der Waals surface area contributed by atoms with Crippen LogP contribution in [0.5, 0.6) is 0 Å². The summed E-state index contributed by atoms with van der Waals surface area (Å²) >= 11 is 0. The molecule has 0 saturated carbocycles. The highest BCUT2D eigenvalue weighted by atomic mass is 16.3. The second-order valence-corrected chi connectivity index (χ2v) is 8.15. The Morgan fingerprint density at radius 2 is 1.23 bits per heavy atom. The molecule has 1 unspecified atom stereocenters. The van der Waals surface area contributed by atoms with Crippen LogP contribution in [0, 0.1) is 0 Å². The van der Waals surface area contributed by atoms with E-state index in [1.165, 1.54) is 0 Å². The van der Waals surface area contributed by atoms with Gasteiger partial charge in [0.2, 0.25) is 11.8 Å². The highest BCUT2D eigenvalue weighted by Crippen LogP contribution is 2.00. The lowest BCUT2D eigenvalue weighted by Gasteiger charge is -2.24. The van der Waals surface area contributed by atoms with Gasteiger partial charge in [0.15, 0.2) is 0 Å². The van der Waals surface area contributed by atoms with Crippen molar-refractivity contribution in [3.63, 3.8) is 0 Å². The largest absolute Gasteiger partial charge is 0.392 e. The van der Waals surface area contributed by atoms with Crippen LogP contribution in [-0.2, 0) is 9.59 Å². The van der Waals surface area contributed by atoms with Crippen LogP contribution in [0.1, 0.15) is 85.0 Å². The van der Waals surface area contributed by atoms with Gasteiger partial charge in [-0.05, 0) is 45.4 Å². The van der Waals surface area contributed by atoms with Gasteiger partial charge < -0.3 is 15.7 Å². The van der Waals surface area contributed by atoms with Crippen LogP contribution < -0.4 is 10.6 Å². The summed E-state index contributed by atoms with van der Waals surface area (Å²) in [6.07, 6.45) is 17.4. The van der Waals surface area contributed by atoms with E-state index in [0.29, 0.717) is 45.6 Å². The van der Waals surface area contributed by atoms with Crippen molar-refractivity contribution >= 4 is 11.8 Å². The Balaban J connectivity index is 3.97. The van der Waals surface area contributed by atoms with Gasteiger partial charge in [-0.15, -0.1) is 0 Å². The normalized spacial score (nSPS) is 12.7. The predicted molar refractivity (Wildman–Crippen MR) is 130 cm³/mol. The first kappa shape index (κ1) is 29.3. The number of aliphatic hydroxyl groups excluding tert-OH is 1. The molecule has 0 spiro atoms. The maximum Gasteiger partial charge on any atom is 0.220 e.